The minimum absolute atomic E-state index is 0.683. The van der Waals surface area contributed by atoms with E-state index in [1.54, 1.807) is 0 Å². The van der Waals surface area contributed by atoms with Crippen LogP contribution < -0.4 is 0 Å². The average molecular weight is 184 g/mol. The van der Waals surface area contributed by atoms with Crippen LogP contribution in [0.15, 0.2) is 0 Å². The van der Waals surface area contributed by atoms with Crippen molar-refractivity contribution >= 4 is 0 Å². The molecule has 0 amide bonds. The fraction of sp³-hybridized carbons (Fsp3) is 1.00. The molecule has 1 nitrogen and oxygen atoms in total. The number of hydrogen-bond donors (Lipinski definition) is 0. The van der Waals surface area contributed by atoms with Gasteiger partial charge < -0.3 is 4.74 Å². The van der Waals surface area contributed by atoms with Crippen molar-refractivity contribution in [1.82, 2.24) is 0 Å². The van der Waals surface area contributed by atoms with Crippen LogP contribution in [0.25, 0.3) is 0 Å². The van der Waals surface area contributed by atoms with Gasteiger partial charge in [-0.2, -0.15) is 0 Å². The summed E-state index contributed by atoms with van der Waals surface area (Å²) in [6, 6.07) is 0. The van der Waals surface area contributed by atoms with Gasteiger partial charge in [0, 0.05) is 13.2 Å². The first-order valence-electron chi connectivity index (χ1n) is 5.67. The van der Waals surface area contributed by atoms with Crippen molar-refractivity contribution in [3.8, 4) is 0 Å². The molecule has 2 atom stereocenters. The molecular weight excluding hydrogens is 160 g/mol. The summed E-state index contributed by atoms with van der Waals surface area (Å²) < 4.78 is 5.63. The van der Waals surface area contributed by atoms with Gasteiger partial charge >= 0.3 is 0 Å². The lowest BCUT2D eigenvalue weighted by Gasteiger charge is -2.07. The summed E-state index contributed by atoms with van der Waals surface area (Å²) in [4.78, 5) is 0. The third-order valence-corrected chi connectivity index (χ3v) is 2.63. The fourth-order valence-corrected chi connectivity index (χ4v) is 1.86. The Labute approximate surface area is 82.9 Å². The molecule has 0 aromatic rings. The molecule has 0 aromatic carbocycles. The molecule has 0 saturated heterocycles. The molecule has 0 aliphatic heterocycles. The Hall–Kier alpha value is -0.0400. The lowest BCUT2D eigenvalue weighted by molar-refractivity contribution is 0.0974. The van der Waals surface area contributed by atoms with Gasteiger partial charge in [-0.25, -0.2) is 0 Å². The van der Waals surface area contributed by atoms with Gasteiger partial charge in [-0.1, -0.05) is 27.7 Å². The van der Waals surface area contributed by atoms with Gasteiger partial charge in [-0.3, -0.25) is 0 Å². The maximum atomic E-state index is 5.63. The van der Waals surface area contributed by atoms with Crippen molar-refractivity contribution in [2.24, 2.45) is 23.7 Å². The zero-order chi connectivity index (χ0) is 9.84. The largest absolute Gasteiger partial charge is 0.381 e. The molecule has 0 bridgehead atoms. The highest BCUT2D eigenvalue weighted by Crippen LogP contribution is 2.43. The molecule has 0 heterocycles. The summed E-state index contributed by atoms with van der Waals surface area (Å²) in [7, 11) is 0. The van der Waals surface area contributed by atoms with Gasteiger partial charge in [0.2, 0.25) is 0 Å². The molecule has 13 heavy (non-hydrogen) atoms. The third kappa shape index (κ3) is 4.66. The predicted molar refractivity (Wildman–Crippen MR) is 56.7 cm³/mol. The van der Waals surface area contributed by atoms with Crippen LogP contribution in [0, 0.1) is 23.7 Å². The second-order valence-electron chi connectivity index (χ2n) is 5.32. The summed E-state index contributed by atoms with van der Waals surface area (Å²) in [5, 5.41) is 0. The number of ether oxygens (including phenoxy) is 1. The average Bonchev–Trinajstić information content (AvgIpc) is 2.65. The number of hydrogen-bond acceptors (Lipinski definition) is 1. The van der Waals surface area contributed by atoms with E-state index >= 15 is 0 Å². The first kappa shape index (κ1) is 11.0. The Balaban J connectivity index is 1.95. The highest BCUT2D eigenvalue weighted by Gasteiger charge is 2.36. The standard InChI is InChI=1S/C12H24O/c1-9(2)5-11-6-12(11)8-13-7-10(3)4/h9-12H,5-8H2,1-4H3/t11-,12-/m1/s1. The third-order valence-electron chi connectivity index (χ3n) is 2.63. The molecule has 1 rings (SSSR count). The summed E-state index contributed by atoms with van der Waals surface area (Å²) in [5.74, 6) is 3.41. The van der Waals surface area contributed by atoms with Crippen LogP contribution in [-0.2, 0) is 4.74 Å². The summed E-state index contributed by atoms with van der Waals surface area (Å²) in [6.07, 6.45) is 2.81. The second-order valence-corrected chi connectivity index (χ2v) is 5.32. The zero-order valence-electron chi connectivity index (χ0n) is 9.55. The second kappa shape index (κ2) is 4.99. The van der Waals surface area contributed by atoms with Crippen LogP contribution in [0.1, 0.15) is 40.5 Å². The predicted octanol–water partition coefficient (Wildman–Crippen LogP) is 3.34. The van der Waals surface area contributed by atoms with Crippen molar-refractivity contribution < 1.29 is 4.74 Å². The first-order valence-corrected chi connectivity index (χ1v) is 5.67. The van der Waals surface area contributed by atoms with Crippen molar-refractivity contribution in [3.63, 3.8) is 0 Å². The van der Waals surface area contributed by atoms with Crippen LogP contribution in [0.3, 0.4) is 0 Å². The number of rotatable bonds is 6. The lowest BCUT2D eigenvalue weighted by Crippen LogP contribution is -2.05. The van der Waals surface area contributed by atoms with E-state index in [1.807, 2.05) is 0 Å². The van der Waals surface area contributed by atoms with Crippen molar-refractivity contribution in [2.45, 2.75) is 40.5 Å². The van der Waals surface area contributed by atoms with E-state index in [0.29, 0.717) is 5.92 Å². The Morgan fingerprint density at radius 3 is 2.31 bits per heavy atom. The van der Waals surface area contributed by atoms with Crippen LogP contribution in [-0.4, -0.2) is 13.2 Å². The molecule has 0 N–H and O–H groups in total. The SMILES string of the molecule is CC(C)COC[C@H]1C[C@H]1CC(C)C. The Bertz CT molecular complexity index is 140. The van der Waals surface area contributed by atoms with E-state index in [4.69, 9.17) is 4.74 Å². The van der Waals surface area contributed by atoms with Gasteiger partial charge in [0.1, 0.15) is 0 Å². The Morgan fingerprint density at radius 1 is 1.08 bits per heavy atom. The van der Waals surface area contributed by atoms with E-state index in [2.05, 4.69) is 27.7 Å². The molecule has 1 aliphatic rings. The van der Waals surface area contributed by atoms with Crippen LogP contribution in [0.5, 0.6) is 0 Å². The fourth-order valence-electron chi connectivity index (χ4n) is 1.86. The molecule has 1 fully saturated rings. The van der Waals surface area contributed by atoms with Crippen LogP contribution in [0.4, 0.5) is 0 Å². The van der Waals surface area contributed by atoms with Gasteiger partial charge in [0.05, 0.1) is 0 Å². The topological polar surface area (TPSA) is 9.23 Å². The smallest absolute Gasteiger partial charge is 0.0497 e. The van der Waals surface area contributed by atoms with E-state index < -0.39 is 0 Å². The van der Waals surface area contributed by atoms with Gasteiger partial charge in [-0.05, 0) is 36.5 Å². The highest BCUT2D eigenvalue weighted by atomic mass is 16.5. The summed E-state index contributed by atoms with van der Waals surface area (Å²) >= 11 is 0. The maximum absolute atomic E-state index is 5.63. The van der Waals surface area contributed by atoms with Crippen molar-refractivity contribution in [3.05, 3.63) is 0 Å². The van der Waals surface area contributed by atoms with E-state index in [9.17, 15) is 0 Å². The highest BCUT2D eigenvalue weighted by molar-refractivity contribution is 4.86. The molecule has 0 aromatic heterocycles. The minimum Gasteiger partial charge on any atom is -0.381 e. The van der Waals surface area contributed by atoms with E-state index in [-0.39, 0.29) is 0 Å². The Morgan fingerprint density at radius 2 is 1.77 bits per heavy atom. The molecule has 1 heteroatoms. The molecule has 0 radical (unpaired) electrons. The summed E-state index contributed by atoms with van der Waals surface area (Å²) in [5.41, 5.74) is 0. The molecular formula is C12H24O. The van der Waals surface area contributed by atoms with Crippen molar-refractivity contribution in [2.75, 3.05) is 13.2 Å². The van der Waals surface area contributed by atoms with Gasteiger partial charge in [0.25, 0.3) is 0 Å². The van der Waals surface area contributed by atoms with E-state index in [0.717, 1.165) is 31.0 Å². The summed E-state index contributed by atoms with van der Waals surface area (Å²) in [6.45, 7) is 11.0. The maximum Gasteiger partial charge on any atom is 0.0497 e. The molecule has 1 aliphatic carbocycles. The zero-order valence-corrected chi connectivity index (χ0v) is 9.55. The van der Waals surface area contributed by atoms with E-state index in [1.165, 1.54) is 12.8 Å². The monoisotopic (exact) mass is 184 g/mol. The quantitative estimate of drug-likeness (QED) is 0.615. The van der Waals surface area contributed by atoms with Gasteiger partial charge in [-0.15, -0.1) is 0 Å². The first-order chi connectivity index (χ1) is 6.09. The molecule has 0 spiro atoms. The van der Waals surface area contributed by atoms with Crippen LogP contribution in [0.2, 0.25) is 0 Å². The lowest BCUT2D eigenvalue weighted by atomic mass is 10.1. The minimum atomic E-state index is 0.683. The molecule has 1 saturated carbocycles. The molecule has 78 valence electrons. The van der Waals surface area contributed by atoms with Crippen molar-refractivity contribution in [1.29, 1.82) is 0 Å². The van der Waals surface area contributed by atoms with Gasteiger partial charge in [0.15, 0.2) is 0 Å². The normalized spacial score (nSPS) is 27.2. The van der Waals surface area contributed by atoms with Crippen LogP contribution >= 0.6 is 0 Å². The molecule has 0 unspecified atom stereocenters. The Kier molecular flexibility index (Phi) is 4.24.